The van der Waals surface area contributed by atoms with Gasteiger partial charge in [0.25, 0.3) is 0 Å². The van der Waals surface area contributed by atoms with Crippen LogP contribution in [0.1, 0.15) is 4.88 Å². The van der Waals surface area contributed by atoms with Gasteiger partial charge in [-0.1, -0.05) is 12.1 Å². The third kappa shape index (κ3) is 4.07. The third-order valence-electron chi connectivity index (χ3n) is 2.35. The van der Waals surface area contributed by atoms with E-state index in [1.807, 2.05) is 24.3 Å². The Bertz CT molecular complexity index is 680. The number of nitrogens with two attached hydrogens (primary N) is 2. The van der Waals surface area contributed by atoms with Crippen LogP contribution in [0.15, 0.2) is 34.5 Å². The van der Waals surface area contributed by atoms with Gasteiger partial charge in [-0.15, -0.1) is 5.10 Å². The maximum Gasteiger partial charge on any atom is 0.338 e. The molecule has 0 spiro atoms. The van der Waals surface area contributed by atoms with Crippen LogP contribution < -0.4 is 26.5 Å². The number of rotatable bonds is 5. The minimum absolute atomic E-state index is 0.115. The second-order valence-electron chi connectivity index (χ2n) is 3.83. The maximum absolute atomic E-state index is 6.08. The van der Waals surface area contributed by atoms with E-state index in [1.165, 1.54) is 17.6 Å². The summed E-state index contributed by atoms with van der Waals surface area (Å²) in [5, 5.41) is 11.6. The third-order valence-corrected chi connectivity index (χ3v) is 3.70. The number of H-pyrrole nitrogens is 1. The van der Waals surface area contributed by atoms with Gasteiger partial charge in [-0.3, -0.25) is 0 Å². The fourth-order valence-electron chi connectivity index (χ4n) is 1.50. The minimum Gasteiger partial charge on any atom is -0.492 e. The topological polar surface area (TPSA) is 112 Å². The summed E-state index contributed by atoms with van der Waals surface area (Å²) < 4.78 is 5.27. The predicted octanol–water partition coefficient (Wildman–Crippen LogP) is 1.58. The zero-order chi connectivity index (χ0) is 15.2. The number of guanidine groups is 1. The average molecular weight is 326 g/mol. The molecule has 2 aromatic rings. The van der Waals surface area contributed by atoms with Gasteiger partial charge in [0, 0.05) is 0 Å². The number of hydrogen-bond donors (Lipinski definition) is 3. The zero-order valence-electron chi connectivity index (χ0n) is 11.1. The highest BCUT2D eigenvalue weighted by Crippen LogP contribution is 2.29. The number of hydrogen-bond acceptors (Lipinski definition) is 5. The van der Waals surface area contributed by atoms with E-state index in [9.17, 15) is 0 Å². The number of aromatic nitrogens is 1. The number of thiazole rings is 1. The summed E-state index contributed by atoms with van der Waals surface area (Å²) >= 11 is 7.45. The standard InChI is InChI=1S/C12H13ClN6OS/c1-20-8-5-3-2-4-7(8)17-12-18-10(13)9(21-12)6-16-19-11(14)15/h2-6H,1H3,(H,17,18)(H4,14,15,19)/p+1/b16-6+. The first kappa shape index (κ1) is 15.1. The number of nitrogens with one attached hydrogen (secondary N) is 2. The molecule has 0 saturated carbocycles. The summed E-state index contributed by atoms with van der Waals surface area (Å²) in [4.78, 5) is 3.69. The molecule has 0 aliphatic carbocycles. The number of anilines is 2. The van der Waals surface area contributed by atoms with E-state index in [4.69, 9.17) is 27.8 Å². The lowest BCUT2D eigenvalue weighted by atomic mass is 10.3. The molecule has 0 aliphatic rings. The summed E-state index contributed by atoms with van der Waals surface area (Å²) in [5.41, 5.74) is 11.2. The van der Waals surface area contributed by atoms with E-state index < -0.39 is 0 Å². The van der Waals surface area contributed by atoms with E-state index in [0.29, 0.717) is 10.0 Å². The highest BCUT2D eigenvalue weighted by molar-refractivity contribution is 7.17. The Kier molecular flexibility index (Phi) is 4.96. The van der Waals surface area contributed by atoms with Gasteiger partial charge >= 0.3 is 5.13 Å². The Balaban J connectivity index is 2.19. The molecule has 21 heavy (non-hydrogen) atoms. The van der Waals surface area contributed by atoms with Crippen LogP contribution >= 0.6 is 22.9 Å². The fraction of sp³-hybridized carbons (Fsp3) is 0.0833. The largest absolute Gasteiger partial charge is 0.492 e. The van der Waals surface area contributed by atoms with Crippen molar-refractivity contribution in [2.75, 3.05) is 12.4 Å². The molecule has 1 aromatic heterocycles. The second kappa shape index (κ2) is 6.91. The van der Waals surface area contributed by atoms with Crippen molar-refractivity contribution >= 4 is 45.9 Å². The Hall–Kier alpha value is -2.32. The smallest absolute Gasteiger partial charge is 0.338 e. The van der Waals surface area contributed by atoms with Crippen molar-refractivity contribution in [3.63, 3.8) is 0 Å². The lowest BCUT2D eigenvalue weighted by Gasteiger charge is -2.02. The molecule has 0 saturated heterocycles. The highest BCUT2D eigenvalue weighted by atomic mass is 35.5. The normalized spacial score (nSPS) is 10.6. The minimum atomic E-state index is -0.115. The molecule has 110 valence electrons. The number of nitrogens with zero attached hydrogens (tertiary/aromatic N) is 2. The summed E-state index contributed by atoms with van der Waals surface area (Å²) in [7, 11) is 1.61. The van der Waals surface area contributed by atoms with Crippen molar-refractivity contribution in [1.29, 1.82) is 0 Å². The van der Waals surface area contributed by atoms with Gasteiger partial charge in [-0.05, 0) is 35.1 Å². The van der Waals surface area contributed by atoms with Crippen molar-refractivity contribution in [2.24, 2.45) is 21.7 Å². The summed E-state index contributed by atoms with van der Waals surface area (Å²) in [5.74, 6) is 0.612. The Labute approximate surface area is 130 Å². The van der Waals surface area contributed by atoms with E-state index in [-0.39, 0.29) is 5.96 Å². The first-order valence-electron chi connectivity index (χ1n) is 5.83. The Morgan fingerprint density at radius 2 is 2.19 bits per heavy atom. The Morgan fingerprint density at radius 3 is 2.90 bits per heavy atom. The quantitative estimate of drug-likeness (QED) is 0.440. The number of ether oxygens (including phenoxy) is 1. The zero-order valence-corrected chi connectivity index (χ0v) is 12.7. The lowest BCUT2D eigenvalue weighted by Crippen LogP contribution is -2.21. The van der Waals surface area contributed by atoms with E-state index in [1.54, 1.807) is 7.11 Å². The summed E-state index contributed by atoms with van der Waals surface area (Å²) in [6, 6.07) is 7.55. The van der Waals surface area contributed by atoms with Crippen molar-refractivity contribution in [2.45, 2.75) is 0 Å². The molecule has 1 heterocycles. The van der Waals surface area contributed by atoms with Crippen LogP contribution in [-0.4, -0.2) is 19.3 Å². The molecule has 0 radical (unpaired) electrons. The molecule has 0 unspecified atom stereocenters. The lowest BCUT2D eigenvalue weighted by molar-refractivity contribution is -0.351. The Morgan fingerprint density at radius 1 is 1.43 bits per heavy atom. The van der Waals surface area contributed by atoms with Crippen molar-refractivity contribution in [3.05, 3.63) is 34.3 Å². The maximum atomic E-state index is 6.08. The molecule has 0 amide bonds. The average Bonchev–Trinajstić information content (AvgIpc) is 2.79. The number of aromatic amines is 1. The van der Waals surface area contributed by atoms with Gasteiger partial charge in [0.05, 0.1) is 13.3 Å². The van der Waals surface area contributed by atoms with Gasteiger partial charge in [-0.2, -0.15) is 5.10 Å². The van der Waals surface area contributed by atoms with Crippen LogP contribution in [0.25, 0.3) is 0 Å². The van der Waals surface area contributed by atoms with Crippen LogP contribution in [0.3, 0.4) is 0 Å². The molecule has 1 aromatic carbocycles. The van der Waals surface area contributed by atoms with Crippen molar-refractivity contribution in [1.82, 2.24) is 0 Å². The molecule has 0 fully saturated rings. The van der Waals surface area contributed by atoms with Gasteiger partial charge < -0.3 is 16.2 Å². The molecule has 0 bridgehead atoms. The molecule has 9 heteroatoms. The first-order valence-corrected chi connectivity index (χ1v) is 7.03. The summed E-state index contributed by atoms with van der Waals surface area (Å²) in [6.07, 6.45) is 1.47. The molecule has 7 nitrogen and oxygen atoms in total. The molecule has 0 aliphatic heterocycles. The number of methoxy groups -OCH3 is 1. The predicted molar refractivity (Wildman–Crippen MR) is 85.6 cm³/mol. The number of benzene rings is 1. The number of para-hydroxylation sites is 2. The molecular formula is C12H14ClN6OS+. The van der Waals surface area contributed by atoms with Crippen LogP contribution in [0.2, 0.25) is 5.15 Å². The second-order valence-corrected chi connectivity index (χ2v) is 5.26. The molecule has 0 atom stereocenters. The van der Waals surface area contributed by atoms with Crippen LogP contribution in [0.5, 0.6) is 5.75 Å². The molecule has 2 rings (SSSR count). The van der Waals surface area contributed by atoms with Crippen LogP contribution in [-0.2, 0) is 0 Å². The van der Waals surface area contributed by atoms with Gasteiger partial charge in [0.2, 0.25) is 11.1 Å². The van der Waals surface area contributed by atoms with E-state index >= 15 is 0 Å². The summed E-state index contributed by atoms with van der Waals surface area (Å²) in [6.45, 7) is 0. The SMILES string of the molecule is COc1ccccc1Nc1[nH+]c(Cl)c(/C=N/N=C(N)N)s1. The number of halogens is 1. The van der Waals surface area contributed by atoms with Crippen molar-refractivity contribution < 1.29 is 9.72 Å². The highest BCUT2D eigenvalue weighted by Gasteiger charge is 2.15. The molecule has 6 N–H and O–H groups in total. The van der Waals surface area contributed by atoms with E-state index in [2.05, 4.69) is 20.5 Å². The van der Waals surface area contributed by atoms with Crippen LogP contribution in [0.4, 0.5) is 10.8 Å². The first-order chi connectivity index (χ1) is 10.1. The van der Waals surface area contributed by atoms with Gasteiger partial charge in [0.1, 0.15) is 4.88 Å². The van der Waals surface area contributed by atoms with Crippen LogP contribution in [0, 0.1) is 0 Å². The van der Waals surface area contributed by atoms with Crippen molar-refractivity contribution in [3.8, 4) is 5.75 Å². The monoisotopic (exact) mass is 325 g/mol. The molecular weight excluding hydrogens is 312 g/mol. The van der Waals surface area contributed by atoms with Gasteiger partial charge in [-0.25, -0.2) is 10.3 Å². The van der Waals surface area contributed by atoms with E-state index in [0.717, 1.165) is 16.6 Å². The fourth-order valence-corrected chi connectivity index (χ4v) is 2.59. The van der Waals surface area contributed by atoms with Gasteiger partial charge in [0.15, 0.2) is 11.4 Å².